The van der Waals surface area contributed by atoms with E-state index in [0.29, 0.717) is 18.5 Å². The first kappa shape index (κ1) is 22.5. The zero-order chi connectivity index (χ0) is 23.9. The van der Waals surface area contributed by atoms with Crippen molar-refractivity contribution in [1.82, 2.24) is 9.47 Å². The lowest BCUT2D eigenvalue weighted by Gasteiger charge is -2.29. The molecular formula is C25H21F3N2O3S. The molecule has 0 bridgehead atoms. The van der Waals surface area contributed by atoms with E-state index in [2.05, 4.69) is 37.9 Å². The van der Waals surface area contributed by atoms with Crippen LogP contribution in [0.25, 0.3) is 22.0 Å². The van der Waals surface area contributed by atoms with E-state index in [4.69, 9.17) is 0 Å². The third-order valence-electron chi connectivity index (χ3n) is 5.97. The van der Waals surface area contributed by atoms with Crippen LogP contribution in [0.4, 0.5) is 13.2 Å². The molecule has 0 saturated carbocycles. The minimum Gasteiger partial charge on any atom is -0.376 e. The molecule has 2 heterocycles. The number of fused-ring (bicyclic) bond motifs is 3. The molecule has 0 amide bonds. The molecule has 0 N–H and O–H groups in total. The van der Waals surface area contributed by atoms with Crippen LogP contribution >= 0.6 is 0 Å². The maximum Gasteiger partial charge on any atom is 0.534 e. The largest absolute Gasteiger partial charge is 0.534 e. The quantitative estimate of drug-likeness (QED) is 0.274. The average molecular weight is 487 g/mol. The fourth-order valence-corrected chi connectivity index (χ4v) is 4.86. The van der Waals surface area contributed by atoms with Gasteiger partial charge in [-0.05, 0) is 41.0 Å². The van der Waals surface area contributed by atoms with E-state index in [1.165, 1.54) is 23.3 Å². The number of halogens is 3. The maximum atomic E-state index is 12.7. The Hall–Kier alpha value is -3.30. The van der Waals surface area contributed by atoms with Crippen LogP contribution in [0.1, 0.15) is 11.3 Å². The first-order chi connectivity index (χ1) is 16.2. The van der Waals surface area contributed by atoms with E-state index in [1.54, 1.807) is 6.07 Å². The Kier molecular flexibility index (Phi) is 5.61. The van der Waals surface area contributed by atoms with Crippen LogP contribution in [0.15, 0.2) is 78.9 Å². The van der Waals surface area contributed by atoms with Crippen molar-refractivity contribution in [1.29, 1.82) is 0 Å². The van der Waals surface area contributed by atoms with Gasteiger partial charge in [0.05, 0.1) is 0 Å². The average Bonchev–Trinajstić information content (AvgIpc) is 3.16. The lowest BCUT2D eigenvalue weighted by molar-refractivity contribution is -0.0500. The number of alkyl halides is 3. The van der Waals surface area contributed by atoms with Gasteiger partial charge < -0.3 is 8.75 Å². The summed E-state index contributed by atoms with van der Waals surface area (Å²) in [5, 5.41) is 0.636. The highest BCUT2D eigenvalue weighted by molar-refractivity contribution is 7.88. The van der Waals surface area contributed by atoms with Gasteiger partial charge in [0, 0.05) is 42.8 Å². The third kappa shape index (κ3) is 4.28. The summed E-state index contributed by atoms with van der Waals surface area (Å²) in [6, 6.07) is 24.5. The van der Waals surface area contributed by atoms with Crippen LogP contribution in [0.5, 0.6) is 5.75 Å². The van der Waals surface area contributed by atoms with Crippen LogP contribution in [0.3, 0.4) is 0 Å². The number of rotatable bonds is 5. The van der Waals surface area contributed by atoms with Crippen LogP contribution < -0.4 is 4.18 Å². The van der Waals surface area contributed by atoms with E-state index in [0.717, 1.165) is 29.9 Å². The highest BCUT2D eigenvalue weighted by Gasteiger charge is 2.48. The fourth-order valence-electron chi connectivity index (χ4n) is 4.41. The van der Waals surface area contributed by atoms with Crippen LogP contribution in [-0.4, -0.2) is 29.9 Å². The monoisotopic (exact) mass is 486 g/mol. The Balaban J connectivity index is 1.38. The molecular weight excluding hydrogens is 465 g/mol. The Bertz CT molecular complexity index is 1450. The minimum absolute atomic E-state index is 0.360. The topological polar surface area (TPSA) is 51.5 Å². The van der Waals surface area contributed by atoms with E-state index >= 15 is 0 Å². The van der Waals surface area contributed by atoms with Crippen molar-refractivity contribution < 1.29 is 25.8 Å². The van der Waals surface area contributed by atoms with Crippen LogP contribution in [0, 0.1) is 0 Å². The van der Waals surface area contributed by atoms with E-state index in [-0.39, 0.29) is 5.75 Å². The number of benzene rings is 3. The van der Waals surface area contributed by atoms with Crippen molar-refractivity contribution in [3.63, 3.8) is 0 Å². The zero-order valence-corrected chi connectivity index (χ0v) is 18.8. The molecule has 5 rings (SSSR count). The Morgan fingerprint density at radius 1 is 0.882 bits per heavy atom. The van der Waals surface area contributed by atoms with Crippen molar-refractivity contribution in [3.8, 4) is 16.9 Å². The standard InChI is InChI=1S/C25H21F3N2O3S/c26-25(27,28)34(31,32)33-22-10-11-24-20(15-22)14-21-17-29(12-13-30(21)24)16-19-8-4-5-9-23(19)18-6-2-1-3-7-18/h1-11,14-15H,12-13,16-17H2. The molecule has 4 aromatic rings. The number of nitrogens with zero attached hydrogens (tertiary/aromatic N) is 2. The third-order valence-corrected chi connectivity index (χ3v) is 6.95. The zero-order valence-electron chi connectivity index (χ0n) is 18.0. The van der Waals surface area contributed by atoms with Crippen molar-refractivity contribution in [2.45, 2.75) is 25.1 Å². The van der Waals surface area contributed by atoms with E-state index < -0.39 is 15.6 Å². The van der Waals surface area contributed by atoms with Gasteiger partial charge in [0.2, 0.25) is 0 Å². The summed E-state index contributed by atoms with van der Waals surface area (Å²) in [5.41, 5.74) is -0.0810. The molecule has 176 valence electrons. The Morgan fingerprint density at radius 3 is 2.38 bits per heavy atom. The Morgan fingerprint density at radius 2 is 1.62 bits per heavy atom. The van der Waals surface area contributed by atoms with Gasteiger partial charge >= 0.3 is 15.6 Å². The van der Waals surface area contributed by atoms with Crippen molar-refractivity contribution in [2.75, 3.05) is 6.54 Å². The Labute approximate surface area is 195 Å². The van der Waals surface area contributed by atoms with Gasteiger partial charge in [-0.3, -0.25) is 4.90 Å². The van der Waals surface area contributed by atoms with Gasteiger partial charge in [-0.1, -0.05) is 54.6 Å². The summed E-state index contributed by atoms with van der Waals surface area (Å²) >= 11 is 0. The van der Waals surface area contributed by atoms with Crippen LogP contribution in [0.2, 0.25) is 0 Å². The number of hydrogen-bond acceptors (Lipinski definition) is 4. The second kappa shape index (κ2) is 8.48. The molecule has 0 atom stereocenters. The smallest absolute Gasteiger partial charge is 0.376 e. The van der Waals surface area contributed by atoms with E-state index in [9.17, 15) is 21.6 Å². The summed E-state index contributed by atoms with van der Waals surface area (Å²) in [5.74, 6) is -0.360. The van der Waals surface area contributed by atoms with Gasteiger partial charge in [-0.2, -0.15) is 21.6 Å². The van der Waals surface area contributed by atoms with Gasteiger partial charge in [-0.25, -0.2) is 0 Å². The van der Waals surface area contributed by atoms with Gasteiger partial charge in [0.15, 0.2) is 0 Å². The molecule has 1 aliphatic heterocycles. The second-order valence-corrected chi connectivity index (χ2v) is 9.76. The van der Waals surface area contributed by atoms with Gasteiger partial charge in [-0.15, -0.1) is 0 Å². The predicted molar refractivity (Wildman–Crippen MR) is 124 cm³/mol. The summed E-state index contributed by atoms with van der Waals surface area (Å²) in [4.78, 5) is 2.32. The lowest BCUT2D eigenvalue weighted by Crippen LogP contribution is -2.33. The first-order valence-electron chi connectivity index (χ1n) is 10.7. The number of hydrogen-bond donors (Lipinski definition) is 0. The second-order valence-electron chi connectivity index (χ2n) is 8.22. The molecule has 5 nitrogen and oxygen atoms in total. The van der Waals surface area contributed by atoms with Gasteiger partial charge in [0.25, 0.3) is 0 Å². The van der Waals surface area contributed by atoms with Crippen molar-refractivity contribution in [3.05, 3.63) is 90.1 Å². The fraction of sp³-hybridized carbons (Fsp3) is 0.200. The number of aromatic nitrogens is 1. The summed E-state index contributed by atoms with van der Waals surface area (Å²) in [6.07, 6.45) is 0. The molecule has 34 heavy (non-hydrogen) atoms. The van der Waals surface area contributed by atoms with E-state index in [1.807, 2.05) is 36.4 Å². The predicted octanol–water partition coefficient (Wildman–Crippen LogP) is 5.55. The highest BCUT2D eigenvalue weighted by atomic mass is 32.2. The van der Waals surface area contributed by atoms with Crippen molar-refractivity contribution >= 4 is 21.0 Å². The highest BCUT2D eigenvalue weighted by Crippen LogP contribution is 2.32. The molecule has 0 spiro atoms. The molecule has 1 aliphatic rings. The minimum atomic E-state index is -5.71. The first-order valence-corrected chi connectivity index (χ1v) is 12.1. The normalized spacial score (nSPS) is 14.8. The molecule has 0 saturated heterocycles. The van der Waals surface area contributed by atoms with Crippen LogP contribution in [-0.2, 0) is 29.8 Å². The molecule has 1 aromatic heterocycles. The molecule has 0 aliphatic carbocycles. The van der Waals surface area contributed by atoms with Gasteiger partial charge in [0.1, 0.15) is 5.75 Å². The molecule has 0 radical (unpaired) electrons. The molecule has 3 aromatic carbocycles. The lowest BCUT2D eigenvalue weighted by atomic mass is 9.99. The molecule has 9 heteroatoms. The summed E-state index contributed by atoms with van der Waals surface area (Å²) in [7, 11) is -5.71. The SMILES string of the molecule is O=S(=O)(Oc1ccc2c(c1)cc1n2CCN(Cc2ccccc2-c2ccccc2)C1)C(F)(F)F. The molecule has 0 fully saturated rings. The van der Waals surface area contributed by atoms with Crippen molar-refractivity contribution in [2.24, 2.45) is 0 Å². The maximum absolute atomic E-state index is 12.7. The summed E-state index contributed by atoms with van der Waals surface area (Å²) < 4.78 is 67.0. The molecule has 0 unspecified atom stereocenters. The summed E-state index contributed by atoms with van der Waals surface area (Å²) in [6.45, 7) is 2.94.